The molecule has 0 aliphatic heterocycles. The van der Waals surface area contributed by atoms with Crippen LogP contribution in [0.25, 0.3) is 0 Å². The number of rotatable bonds is 0. The van der Waals surface area contributed by atoms with Gasteiger partial charge in [0.2, 0.25) is 0 Å². The molecule has 0 amide bonds. The third-order valence-electron chi connectivity index (χ3n) is 0. The average molecular weight is 277 g/mol. The molecule has 0 saturated carbocycles. The fourth-order valence-corrected chi connectivity index (χ4v) is 0. The minimum atomic E-state index is -1.75. The van der Waals surface area contributed by atoms with Crippen LogP contribution in [0.5, 0.6) is 0 Å². The van der Waals surface area contributed by atoms with Gasteiger partial charge in [0.25, 0.3) is 0 Å². The minimum Gasteiger partial charge on any atom is -0.412 e. The Kier molecular flexibility index (Phi) is 91.9. The molecule has 6 nitrogen and oxygen atoms in total. The predicted molar refractivity (Wildman–Crippen MR) is 17.6 cm³/mol. The van der Waals surface area contributed by atoms with Crippen molar-refractivity contribution < 1.29 is 109 Å². The summed E-state index contributed by atoms with van der Waals surface area (Å²) in [6, 6.07) is 0. The van der Waals surface area contributed by atoms with Gasteiger partial charge >= 0.3 is 51.4 Å². The molecule has 0 aliphatic rings. The van der Waals surface area contributed by atoms with Gasteiger partial charge in [-0.1, -0.05) is 0 Å². The van der Waals surface area contributed by atoms with Crippen LogP contribution in [0.15, 0.2) is 0 Å². The van der Waals surface area contributed by atoms with Crippen molar-refractivity contribution in [3.8, 4) is 0 Å². The maximum absolute atomic E-state index is 8.25. The molecule has 0 aromatic carbocycles. The summed E-state index contributed by atoms with van der Waals surface area (Å²) in [5.74, 6) is 0. The first-order chi connectivity index (χ1) is 1.73. The van der Waals surface area contributed by atoms with Crippen LogP contribution >= 0.6 is 0 Å². The Morgan fingerprint density at radius 3 is 1.12 bits per heavy atom. The van der Waals surface area contributed by atoms with Crippen LogP contribution in [0.2, 0.25) is 0 Å². The molecule has 0 heterocycles. The maximum atomic E-state index is 8.25. The zero-order valence-electron chi connectivity index (χ0n) is 4.17. The molecule has 0 aromatic rings. The largest absolute Gasteiger partial charge is 1.00 e. The summed E-state index contributed by atoms with van der Waals surface area (Å²) in [6.07, 6.45) is 0. The van der Waals surface area contributed by atoms with Crippen molar-refractivity contribution in [1.29, 1.82) is 0 Å². The molecule has 44 valence electrons. The van der Waals surface area contributed by atoms with Crippen molar-refractivity contribution in [3.63, 3.8) is 0 Å². The van der Waals surface area contributed by atoms with E-state index in [0.29, 0.717) is 0 Å². The van der Waals surface area contributed by atoms with Gasteiger partial charge in [-0.3, -0.25) is 0 Å². The summed E-state index contributed by atoms with van der Waals surface area (Å²) >= 11 is 0. The summed E-state index contributed by atoms with van der Waals surface area (Å²) in [5.41, 5.74) is 0. The summed E-state index contributed by atoms with van der Waals surface area (Å²) < 4.78 is 0. The Hall–Kier alpha value is 2.13. The van der Waals surface area contributed by atoms with E-state index < -0.39 is 5.09 Å². The monoisotopic (exact) mass is 277 g/mol. The Bertz CT molecular complexity index is 35.4. The van der Waals surface area contributed by atoms with Crippen LogP contribution in [0.3, 0.4) is 0 Å². The van der Waals surface area contributed by atoms with E-state index in [2.05, 4.69) is 0 Å². The van der Waals surface area contributed by atoms with Gasteiger partial charge in [-0.05, 0) is 0 Å². The van der Waals surface area contributed by atoms with E-state index in [-0.39, 0.29) is 104 Å². The first kappa shape index (κ1) is 32.1. The van der Waals surface area contributed by atoms with Crippen molar-refractivity contribution in [1.82, 2.24) is 0 Å². The first-order valence-corrected chi connectivity index (χ1v) is 0.548. The Balaban J connectivity index is -0.00000000750. The molecule has 0 aromatic heterocycles. The van der Waals surface area contributed by atoms with Gasteiger partial charge in [0.15, 0.2) is 0 Å². The zero-order valence-corrected chi connectivity index (χ0v) is 10.4. The van der Waals surface area contributed by atoms with Crippen LogP contribution in [0.4, 0.5) is 0 Å². The second-order valence-corrected chi connectivity index (χ2v) is 0.224. The van der Waals surface area contributed by atoms with Gasteiger partial charge in [-0.25, -0.2) is 0 Å². The van der Waals surface area contributed by atoms with Crippen LogP contribution < -0.4 is 51.4 Å². The molecule has 0 saturated heterocycles. The van der Waals surface area contributed by atoms with Gasteiger partial charge < -0.3 is 26.3 Å². The van der Waals surface area contributed by atoms with Crippen molar-refractivity contribution in [2.24, 2.45) is 0 Å². The number of hydrogen-bond donors (Lipinski definition) is 0. The van der Waals surface area contributed by atoms with Gasteiger partial charge in [0.1, 0.15) is 0 Å². The van der Waals surface area contributed by atoms with Crippen molar-refractivity contribution in [3.05, 3.63) is 15.3 Å². The van der Waals surface area contributed by atoms with Crippen molar-refractivity contribution >= 4 is 0 Å². The Morgan fingerprint density at radius 1 is 1.12 bits per heavy atom. The molecule has 8 heavy (non-hydrogen) atoms. The van der Waals surface area contributed by atoms with Gasteiger partial charge in [-0.15, -0.1) is 0 Å². The third kappa shape index (κ3) is 91.0. The van der Waals surface area contributed by atoms with E-state index in [1.54, 1.807) is 0 Å². The van der Waals surface area contributed by atoms with E-state index >= 15 is 0 Å². The predicted octanol–water partition coefficient (Wildman–Crippen LogP) is -4.88. The standard InChI is InChI=1S/Ce.K.NO3.2H2O/c;;2-1(3)4;;/h;;;2*1H2/q;+1;-1;;. The quantitative estimate of drug-likeness (QED) is 0.250. The second kappa shape index (κ2) is 22.9. The van der Waals surface area contributed by atoms with E-state index in [1.165, 1.54) is 0 Å². The van der Waals surface area contributed by atoms with E-state index in [4.69, 9.17) is 15.3 Å². The van der Waals surface area contributed by atoms with E-state index in [0.717, 1.165) is 0 Å². The molecule has 0 unspecified atom stereocenters. The molecule has 0 spiro atoms. The molecule has 8 heteroatoms. The molecule has 4 N–H and O–H groups in total. The molecule has 0 fully saturated rings. The molecule has 0 bridgehead atoms. The van der Waals surface area contributed by atoms with E-state index in [1.807, 2.05) is 0 Å². The molecule has 0 rings (SSSR count). The fraction of sp³-hybridized carbons (Fsp3) is 0. The zero-order chi connectivity index (χ0) is 3.58. The van der Waals surface area contributed by atoms with Gasteiger partial charge in [0, 0.05) is 41.7 Å². The van der Waals surface area contributed by atoms with Crippen LogP contribution in [0.1, 0.15) is 0 Å². The van der Waals surface area contributed by atoms with Crippen LogP contribution in [-0.4, -0.2) is 16.0 Å². The first-order valence-electron chi connectivity index (χ1n) is 0.548. The molecule has 0 atom stereocenters. The number of hydrogen-bond acceptors (Lipinski definition) is 3. The SMILES string of the molecule is O.O.O=[N+]([O-])[O-].[Ce].[K+]. The molecular formula is H4CeKNO5. The second-order valence-electron chi connectivity index (χ2n) is 0.224. The Morgan fingerprint density at radius 2 is 1.12 bits per heavy atom. The van der Waals surface area contributed by atoms with Crippen molar-refractivity contribution in [2.45, 2.75) is 0 Å². The summed E-state index contributed by atoms with van der Waals surface area (Å²) in [7, 11) is 0. The summed E-state index contributed by atoms with van der Waals surface area (Å²) in [4.78, 5) is 8.25. The fourth-order valence-electron chi connectivity index (χ4n) is 0. The van der Waals surface area contributed by atoms with Crippen molar-refractivity contribution in [2.75, 3.05) is 0 Å². The molecular weight excluding hydrogens is 273 g/mol. The normalized spacial score (nSPS) is 3.00. The third-order valence-corrected chi connectivity index (χ3v) is 0. The summed E-state index contributed by atoms with van der Waals surface area (Å²) in [6.45, 7) is 0. The average Bonchev–Trinajstić information content (AvgIpc) is 0.811. The molecule has 0 aliphatic carbocycles. The minimum absolute atomic E-state index is 0. The van der Waals surface area contributed by atoms with Crippen LogP contribution in [-0.2, 0) is 0 Å². The Labute approximate surface area is 122 Å². The number of nitrogens with zero attached hydrogens (tertiary/aromatic N) is 1. The maximum Gasteiger partial charge on any atom is 1.00 e. The molecule has 0 radical (unpaired) electrons. The van der Waals surface area contributed by atoms with Gasteiger partial charge in [-0.2, -0.15) is 0 Å². The smallest absolute Gasteiger partial charge is 0.412 e. The summed E-state index contributed by atoms with van der Waals surface area (Å²) in [5, 5.41) is 14.8. The van der Waals surface area contributed by atoms with Gasteiger partial charge in [0.05, 0.1) is 5.09 Å². The van der Waals surface area contributed by atoms with Crippen LogP contribution in [0, 0.1) is 57.1 Å². The van der Waals surface area contributed by atoms with E-state index in [9.17, 15) is 0 Å². The topological polar surface area (TPSA) is 129 Å².